The molecule has 1 saturated heterocycles. The van der Waals surface area contributed by atoms with Crippen LogP contribution in [0.4, 0.5) is 0 Å². The molecule has 1 aliphatic heterocycles. The molecule has 0 aromatic heterocycles. The van der Waals surface area contributed by atoms with Gasteiger partial charge >= 0.3 is 11.9 Å². The molecule has 0 aromatic rings. The average Bonchev–Trinajstić information content (AvgIpc) is 2.63. The molecule has 2 aliphatic rings. The second kappa shape index (κ2) is 9.97. The normalized spacial score (nSPS) is 18.0. The van der Waals surface area contributed by atoms with Crippen LogP contribution < -0.4 is 0 Å². The van der Waals surface area contributed by atoms with Gasteiger partial charge in [0.15, 0.2) is 0 Å². The summed E-state index contributed by atoms with van der Waals surface area (Å²) in [5.74, 6) is -0.593. The van der Waals surface area contributed by atoms with Crippen molar-refractivity contribution in [1.82, 2.24) is 0 Å². The predicted octanol–water partition coefficient (Wildman–Crippen LogP) is 0.158. The van der Waals surface area contributed by atoms with E-state index < -0.39 is 11.9 Å². The monoisotopic (exact) mass is 278 g/mol. The van der Waals surface area contributed by atoms with Crippen LogP contribution in [0.15, 0.2) is 0 Å². The van der Waals surface area contributed by atoms with Gasteiger partial charge in [-0.3, -0.25) is 19.2 Å². The minimum atomic E-state index is -0.398. The molecule has 1 heterocycles. The summed E-state index contributed by atoms with van der Waals surface area (Å²) < 4.78 is 4.08. The van der Waals surface area contributed by atoms with Crippen LogP contribution in [-0.4, -0.2) is 23.5 Å². The molecule has 0 unspecified atom stereocenters. The zero-order valence-electron chi connectivity index (χ0n) is 8.28. The summed E-state index contributed by atoms with van der Waals surface area (Å²) in [6, 6.07) is 0. The second-order valence-corrected chi connectivity index (χ2v) is 3.10. The molecule has 2 fully saturated rings. The van der Waals surface area contributed by atoms with Crippen LogP contribution in [-0.2, 0) is 23.9 Å². The Morgan fingerprint density at radius 3 is 1.19 bits per heavy atom. The van der Waals surface area contributed by atoms with Gasteiger partial charge in [-0.2, -0.15) is 0 Å². The quantitative estimate of drug-likeness (QED) is 0.466. The van der Waals surface area contributed by atoms with Crippen molar-refractivity contribution in [2.75, 3.05) is 0 Å². The van der Waals surface area contributed by atoms with E-state index in [1.54, 1.807) is 0 Å². The molecule has 0 amide bonds. The van der Waals surface area contributed by atoms with E-state index in [0.717, 1.165) is 0 Å². The van der Waals surface area contributed by atoms with Gasteiger partial charge in [-0.15, -0.1) is 0 Å². The van der Waals surface area contributed by atoms with Gasteiger partial charge in [-0.25, -0.2) is 0 Å². The van der Waals surface area contributed by atoms with Gasteiger partial charge in [0.25, 0.3) is 0 Å². The van der Waals surface area contributed by atoms with E-state index in [2.05, 4.69) is 4.74 Å². The number of hydrogen-bond donors (Lipinski definition) is 0. The minimum absolute atomic E-state index is 0. The average molecular weight is 278 g/mol. The third-order valence-corrected chi connectivity index (χ3v) is 1.84. The zero-order valence-corrected chi connectivity index (χ0v) is 9.70. The number of carbonyl (C=O) groups is 4. The third kappa shape index (κ3) is 8.14. The standard InChI is InChI=1S/C5H6O2.C4H4O3.2Ar/c6-4-1-2-5(7)3-4;5-3-1-2-4(6)7-3;;/h1-3H2;1-2H2;;. The van der Waals surface area contributed by atoms with Gasteiger partial charge in [0.2, 0.25) is 0 Å². The minimum Gasteiger partial charge on any atom is -0.393 e. The van der Waals surface area contributed by atoms with E-state index in [1.807, 2.05) is 0 Å². The summed E-state index contributed by atoms with van der Waals surface area (Å²) in [5.41, 5.74) is 0. The van der Waals surface area contributed by atoms with Gasteiger partial charge in [-0.05, 0) is 0 Å². The molecule has 0 bridgehead atoms. The van der Waals surface area contributed by atoms with Crippen molar-refractivity contribution >= 4 is 23.5 Å². The molecular weight excluding hydrogens is 268 g/mol. The predicted molar refractivity (Wildman–Crippen MR) is 44.2 cm³/mol. The Balaban J connectivity index is 0. The summed E-state index contributed by atoms with van der Waals surface area (Å²) in [5, 5.41) is 0. The van der Waals surface area contributed by atoms with Crippen molar-refractivity contribution < 1.29 is 99.4 Å². The molecule has 92 valence electrons. The van der Waals surface area contributed by atoms with Crippen molar-refractivity contribution in [2.24, 2.45) is 0 Å². The van der Waals surface area contributed by atoms with Gasteiger partial charge in [0.1, 0.15) is 11.6 Å². The van der Waals surface area contributed by atoms with E-state index in [9.17, 15) is 19.2 Å². The Bertz CT molecular complexity index is 242. The Kier molecular flexibility index (Phi) is 12.1. The fourth-order valence-corrected chi connectivity index (χ4v) is 1.11. The smallest absolute Gasteiger partial charge is 0.314 e. The van der Waals surface area contributed by atoms with E-state index in [0.29, 0.717) is 12.8 Å². The summed E-state index contributed by atoms with van der Waals surface area (Å²) in [4.78, 5) is 40.5. The molecule has 1 saturated carbocycles. The van der Waals surface area contributed by atoms with Crippen LogP contribution >= 0.6 is 0 Å². The molecule has 7 heteroatoms. The zero-order chi connectivity index (χ0) is 10.6. The fourth-order valence-electron chi connectivity index (χ4n) is 1.11. The number of rotatable bonds is 0. The summed E-state index contributed by atoms with van der Waals surface area (Å²) >= 11 is 0. The third-order valence-electron chi connectivity index (χ3n) is 1.84. The Morgan fingerprint density at radius 2 is 1.06 bits per heavy atom. The Labute approximate surface area is 153 Å². The number of ether oxygens (including phenoxy) is 1. The SMILES string of the molecule is O=C1CCC(=O)C1.O=C1CCC(=O)O1.[Ar].[Ar]. The van der Waals surface area contributed by atoms with Crippen LogP contribution in [0.2, 0.25) is 0 Å². The maximum Gasteiger partial charge on any atom is 0.314 e. The summed E-state index contributed by atoms with van der Waals surface area (Å²) in [7, 11) is 0. The summed E-state index contributed by atoms with van der Waals surface area (Å²) in [6.07, 6.45) is 1.69. The fraction of sp³-hybridized carbons (Fsp3) is 0.556. The van der Waals surface area contributed by atoms with Crippen LogP contribution in [0.5, 0.6) is 0 Å². The molecule has 2 rings (SSSR count). The first-order valence-corrected chi connectivity index (χ1v) is 4.35. The Hall–Kier alpha value is 0.999. The van der Waals surface area contributed by atoms with Crippen molar-refractivity contribution in [1.29, 1.82) is 0 Å². The first-order valence-electron chi connectivity index (χ1n) is 4.35. The molecule has 0 N–H and O–H groups in total. The first kappa shape index (κ1) is 19.3. The van der Waals surface area contributed by atoms with Crippen LogP contribution in [0.25, 0.3) is 0 Å². The largest absolute Gasteiger partial charge is 0.393 e. The van der Waals surface area contributed by atoms with Crippen LogP contribution in [0.3, 0.4) is 0 Å². The number of hydrogen-bond acceptors (Lipinski definition) is 5. The van der Waals surface area contributed by atoms with Gasteiger partial charge in [0, 0.05) is 88.3 Å². The van der Waals surface area contributed by atoms with Gasteiger partial charge in [0.05, 0.1) is 19.3 Å². The maximum absolute atomic E-state index is 10.2. The molecule has 5 nitrogen and oxygen atoms in total. The van der Waals surface area contributed by atoms with E-state index in [1.165, 1.54) is 0 Å². The summed E-state index contributed by atoms with van der Waals surface area (Å²) in [6.45, 7) is 0. The van der Waals surface area contributed by atoms with E-state index in [4.69, 9.17) is 0 Å². The van der Waals surface area contributed by atoms with Crippen molar-refractivity contribution in [3.8, 4) is 0 Å². The van der Waals surface area contributed by atoms with Gasteiger partial charge < -0.3 is 4.74 Å². The van der Waals surface area contributed by atoms with Crippen molar-refractivity contribution in [3.63, 3.8) is 0 Å². The second-order valence-electron chi connectivity index (χ2n) is 3.10. The van der Waals surface area contributed by atoms with E-state index in [-0.39, 0.29) is 106 Å². The molecule has 0 spiro atoms. The van der Waals surface area contributed by atoms with Crippen LogP contribution in [0, 0.1) is 75.5 Å². The maximum atomic E-state index is 10.2. The molecule has 16 heavy (non-hydrogen) atoms. The molecule has 0 atom stereocenters. The molecule has 0 radical (unpaired) electrons. The van der Waals surface area contributed by atoms with Gasteiger partial charge in [-0.1, -0.05) is 0 Å². The van der Waals surface area contributed by atoms with E-state index >= 15 is 0 Å². The molecular formula is C9H10Ar2O5. The van der Waals surface area contributed by atoms with Crippen molar-refractivity contribution in [3.05, 3.63) is 0 Å². The topological polar surface area (TPSA) is 77.5 Å². The van der Waals surface area contributed by atoms with Crippen LogP contribution in [0.1, 0.15) is 32.1 Å². The molecule has 1 aliphatic carbocycles. The molecule has 0 aromatic carbocycles. The Morgan fingerprint density at radius 1 is 0.688 bits per heavy atom. The first-order chi connectivity index (χ1) is 6.58. The van der Waals surface area contributed by atoms with Crippen molar-refractivity contribution in [2.45, 2.75) is 32.1 Å². The number of carbonyl (C=O) groups excluding carboxylic acids is 4. The number of cyclic esters (lactones) is 2. The number of Topliss-reactive ketones (excluding diaryl/α,β-unsaturated/α-hetero) is 2. The number of ketones is 2. The number of esters is 2.